The summed E-state index contributed by atoms with van der Waals surface area (Å²) in [6.07, 6.45) is 6.41. The van der Waals surface area contributed by atoms with Crippen molar-refractivity contribution in [3.63, 3.8) is 0 Å². The fraction of sp³-hybridized carbons (Fsp3) is 0.471. The first kappa shape index (κ1) is 55.9. The van der Waals surface area contributed by atoms with Crippen molar-refractivity contribution >= 4 is 75.7 Å². The third-order valence-electron chi connectivity index (χ3n) is 20.6. The third-order valence-corrected chi connectivity index (χ3v) is 43.8. The summed E-state index contributed by atoms with van der Waals surface area (Å²) in [4.78, 5) is 0. The molecule has 1 atom stereocenters. The molecular formula is C68H95Si4. The Kier molecular flexibility index (Phi) is 16.4. The van der Waals surface area contributed by atoms with Gasteiger partial charge in [-0.25, -0.2) is 0 Å². The second-order valence-electron chi connectivity index (χ2n) is 26.0. The largest absolute Gasteiger partial charge is 0.0887 e. The van der Waals surface area contributed by atoms with Gasteiger partial charge in [-0.1, -0.05) is 267 Å². The minimum absolute atomic E-state index is 0.209. The molecule has 0 nitrogen and oxygen atoms in total. The first-order chi connectivity index (χ1) is 33.7. The van der Waals surface area contributed by atoms with Crippen LogP contribution in [0.2, 0.25) is 70.0 Å². The van der Waals surface area contributed by atoms with Crippen LogP contribution in [-0.2, 0) is 0 Å². The fourth-order valence-electron chi connectivity index (χ4n) is 13.4. The standard InChI is InChI=1S/C68H95Si4/c1-43(2)68(69(19)44(3)4)38-37-61(52(18)42-68)67-63-35-28-55(53-23-29-57(30-24-53)70(20,45(5)6)46(7)8)40-64(63)66(60-36-33-59(39-51(60)17)72(22,49(13)14)50(15)16)62-34-27-56(41-65(62)67)54-25-31-58(32-26-54)71(21,47(9)10)48(11)12/h23-41,43-50H,42H2,1-22H3. The van der Waals surface area contributed by atoms with Crippen LogP contribution in [0.15, 0.2) is 121 Å². The zero-order chi connectivity index (χ0) is 53.2. The molecule has 1 aliphatic rings. The summed E-state index contributed by atoms with van der Waals surface area (Å²) in [5.74, 6) is 0.575. The quantitative estimate of drug-likeness (QED) is 0.0669. The Labute approximate surface area is 445 Å². The average molecular weight is 1020 g/mol. The predicted molar refractivity (Wildman–Crippen MR) is 337 cm³/mol. The molecule has 4 heteroatoms. The van der Waals surface area contributed by atoms with Crippen molar-refractivity contribution in [3.05, 3.63) is 132 Å². The van der Waals surface area contributed by atoms with Crippen LogP contribution in [-0.4, -0.2) is 33.0 Å². The molecule has 0 aliphatic heterocycles. The van der Waals surface area contributed by atoms with E-state index in [0.717, 1.165) is 6.42 Å². The van der Waals surface area contributed by atoms with E-state index in [4.69, 9.17) is 0 Å². The summed E-state index contributed by atoms with van der Waals surface area (Å²) in [5.41, 5.74) is 18.3. The van der Waals surface area contributed by atoms with Gasteiger partial charge in [-0.15, -0.1) is 0 Å². The van der Waals surface area contributed by atoms with Gasteiger partial charge in [0.05, 0.1) is 33.0 Å². The molecule has 0 heterocycles. The highest BCUT2D eigenvalue weighted by atomic mass is 28.3. The lowest BCUT2D eigenvalue weighted by Crippen LogP contribution is -2.50. The van der Waals surface area contributed by atoms with Crippen LogP contribution in [0.25, 0.3) is 60.5 Å². The zero-order valence-corrected chi connectivity index (χ0v) is 53.3. The van der Waals surface area contributed by atoms with Crippen LogP contribution in [0.4, 0.5) is 0 Å². The fourth-order valence-corrected chi connectivity index (χ4v) is 27.0. The summed E-state index contributed by atoms with van der Waals surface area (Å²) in [5, 5.41) is 10.3. The maximum Gasteiger partial charge on any atom is 0.0887 e. The highest BCUT2D eigenvalue weighted by molar-refractivity contribution is 6.94. The summed E-state index contributed by atoms with van der Waals surface area (Å²) in [7, 11) is -5.86. The predicted octanol–water partition coefficient (Wildman–Crippen LogP) is 20.3. The van der Waals surface area contributed by atoms with Crippen molar-refractivity contribution < 1.29 is 0 Å². The molecule has 0 aromatic heterocycles. The Bertz CT molecular complexity index is 2950. The van der Waals surface area contributed by atoms with E-state index in [1.165, 1.54) is 77.2 Å². The second kappa shape index (κ2) is 21.1. The van der Waals surface area contributed by atoms with Crippen LogP contribution in [0, 0.1) is 12.8 Å². The van der Waals surface area contributed by atoms with Crippen LogP contribution in [0.5, 0.6) is 0 Å². The molecule has 0 saturated heterocycles. The normalized spacial score (nSPS) is 16.4. The van der Waals surface area contributed by atoms with Crippen molar-refractivity contribution in [1.82, 2.24) is 0 Å². The maximum absolute atomic E-state index is 2.70. The lowest BCUT2D eigenvalue weighted by atomic mass is 9.77. The van der Waals surface area contributed by atoms with Gasteiger partial charge < -0.3 is 0 Å². The van der Waals surface area contributed by atoms with Gasteiger partial charge in [-0.2, -0.15) is 0 Å². The molecule has 1 unspecified atom stereocenters. The molecule has 0 fully saturated rings. The van der Waals surface area contributed by atoms with E-state index in [2.05, 4.69) is 266 Å². The van der Waals surface area contributed by atoms with Crippen LogP contribution in [0.1, 0.15) is 135 Å². The number of fused-ring (bicyclic) bond motifs is 2. The van der Waals surface area contributed by atoms with Gasteiger partial charge in [0.2, 0.25) is 0 Å². The zero-order valence-electron chi connectivity index (χ0n) is 49.3. The molecule has 6 aromatic carbocycles. The minimum Gasteiger partial charge on any atom is -0.0801 e. The molecule has 0 spiro atoms. The van der Waals surface area contributed by atoms with Crippen molar-refractivity contribution in [2.75, 3.05) is 0 Å². The highest BCUT2D eigenvalue weighted by Gasteiger charge is 2.43. The molecule has 6 aromatic rings. The van der Waals surface area contributed by atoms with Gasteiger partial charge >= 0.3 is 0 Å². The van der Waals surface area contributed by atoms with Gasteiger partial charge in [0, 0.05) is 0 Å². The summed E-state index contributed by atoms with van der Waals surface area (Å²) < 4.78 is 0. The number of hydrogen-bond donors (Lipinski definition) is 0. The highest BCUT2D eigenvalue weighted by Crippen LogP contribution is 2.55. The molecule has 0 saturated carbocycles. The van der Waals surface area contributed by atoms with Crippen molar-refractivity contribution in [2.45, 2.75) is 201 Å². The SMILES string of the molecule is CC1=C(c2c3cc(-c4ccc([Si](C)(C(C)C)C(C)C)cc4)ccc3c(-c3ccc([Si](C)(C(C)C)C(C)C)cc3C)c3cc(-c4ccc([Si](C)(C(C)C)C(C)C)cc4)ccc23)C=CC(C(C)C)([Si](C)C(C)C)C1. The average Bonchev–Trinajstić information content (AvgIpc) is 3.34. The topological polar surface area (TPSA) is 0 Å². The lowest BCUT2D eigenvalue weighted by molar-refractivity contribution is 0.464. The van der Waals surface area contributed by atoms with E-state index >= 15 is 0 Å². The second-order valence-corrected chi connectivity index (χ2v) is 45.8. The molecule has 0 N–H and O–H groups in total. The molecule has 1 radical (unpaired) electrons. The first-order valence-corrected chi connectivity index (χ1v) is 38.3. The van der Waals surface area contributed by atoms with E-state index in [-0.39, 0.29) is 5.04 Å². The maximum atomic E-state index is 2.70. The van der Waals surface area contributed by atoms with E-state index in [9.17, 15) is 0 Å². The Hall–Kier alpha value is -3.81. The smallest absolute Gasteiger partial charge is 0.0801 e. The van der Waals surface area contributed by atoms with E-state index in [0.29, 0.717) is 44.7 Å². The molecule has 1 aliphatic carbocycles. The van der Waals surface area contributed by atoms with Gasteiger partial charge in [0.25, 0.3) is 0 Å². The van der Waals surface area contributed by atoms with Crippen LogP contribution in [0.3, 0.4) is 0 Å². The van der Waals surface area contributed by atoms with Gasteiger partial charge in [-0.3, -0.25) is 0 Å². The number of benzene rings is 6. The Morgan fingerprint density at radius 3 is 1.18 bits per heavy atom. The van der Waals surface area contributed by atoms with Crippen LogP contribution >= 0.6 is 0 Å². The Balaban J connectivity index is 1.58. The summed E-state index contributed by atoms with van der Waals surface area (Å²) in [6.45, 7) is 54.6. The number of allylic oxidation sites excluding steroid dienone is 4. The van der Waals surface area contributed by atoms with E-state index in [1.54, 1.807) is 15.6 Å². The molecule has 0 bridgehead atoms. The number of aryl methyl sites for hydroxylation is 1. The lowest BCUT2D eigenvalue weighted by Gasteiger charge is -2.44. The van der Waals surface area contributed by atoms with Gasteiger partial charge in [0.15, 0.2) is 0 Å². The Morgan fingerprint density at radius 2 is 0.806 bits per heavy atom. The van der Waals surface area contributed by atoms with E-state index in [1.807, 2.05) is 0 Å². The van der Waals surface area contributed by atoms with Gasteiger partial charge in [0.1, 0.15) is 0 Å². The molecule has 7 rings (SSSR count). The molecule has 0 amide bonds. The van der Waals surface area contributed by atoms with E-state index < -0.39 is 33.0 Å². The van der Waals surface area contributed by atoms with Gasteiger partial charge in [-0.05, 0) is 148 Å². The van der Waals surface area contributed by atoms with Crippen molar-refractivity contribution in [2.24, 2.45) is 5.92 Å². The number of rotatable bonds is 16. The molecule has 72 heavy (non-hydrogen) atoms. The summed E-state index contributed by atoms with van der Waals surface area (Å²) in [6, 6.07) is 42.4. The summed E-state index contributed by atoms with van der Waals surface area (Å²) >= 11 is 0. The monoisotopic (exact) mass is 1020 g/mol. The van der Waals surface area contributed by atoms with Crippen LogP contribution < -0.4 is 15.6 Å². The third kappa shape index (κ3) is 9.49. The Morgan fingerprint density at radius 1 is 0.431 bits per heavy atom. The molecular weight excluding hydrogens is 929 g/mol. The van der Waals surface area contributed by atoms with Crippen molar-refractivity contribution in [3.8, 4) is 33.4 Å². The number of hydrogen-bond acceptors (Lipinski definition) is 0. The minimum atomic E-state index is -1.78. The molecule has 383 valence electrons. The first-order valence-electron chi connectivity index (χ1n) is 28.3. The van der Waals surface area contributed by atoms with Crippen molar-refractivity contribution in [1.29, 1.82) is 0 Å².